The number of primary amides is 1. The van der Waals surface area contributed by atoms with Crippen molar-refractivity contribution < 1.29 is 9.59 Å². The molecule has 7 nitrogen and oxygen atoms in total. The highest BCUT2D eigenvalue weighted by Gasteiger charge is 2.18. The molecule has 0 radical (unpaired) electrons. The Morgan fingerprint density at radius 2 is 1.92 bits per heavy atom. The molecular formula is C18H23N5O2. The number of nitrogens with two attached hydrogens (primary N) is 1. The molecule has 2 aromatic rings. The first-order valence-electron chi connectivity index (χ1n) is 8.55. The number of anilines is 2. The van der Waals surface area contributed by atoms with Gasteiger partial charge in [-0.25, -0.2) is 4.79 Å². The number of pyridine rings is 1. The zero-order valence-electron chi connectivity index (χ0n) is 14.3. The highest BCUT2D eigenvalue weighted by atomic mass is 16.2. The average Bonchev–Trinajstić information content (AvgIpc) is 2.62. The lowest BCUT2D eigenvalue weighted by Gasteiger charge is -2.30. The van der Waals surface area contributed by atoms with Crippen LogP contribution in [0.25, 0.3) is 10.8 Å². The number of hydrogen-bond acceptors (Lipinski definition) is 4. The van der Waals surface area contributed by atoms with Crippen LogP contribution in [0.15, 0.2) is 30.6 Å². The molecule has 0 saturated carbocycles. The Morgan fingerprint density at radius 1 is 1.16 bits per heavy atom. The van der Waals surface area contributed by atoms with Crippen LogP contribution < -0.4 is 21.3 Å². The number of benzene rings is 1. The van der Waals surface area contributed by atoms with Gasteiger partial charge in [-0.15, -0.1) is 0 Å². The third-order valence-electron chi connectivity index (χ3n) is 4.50. The molecule has 1 saturated heterocycles. The van der Waals surface area contributed by atoms with Crippen molar-refractivity contribution in [3.05, 3.63) is 30.6 Å². The number of nitrogens with one attached hydrogen (secondary N) is 2. The van der Waals surface area contributed by atoms with Crippen LogP contribution >= 0.6 is 0 Å². The summed E-state index contributed by atoms with van der Waals surface area (Å²) in [6, 6.07) is 4.46. The molecule has 0 unspecified atom stereocenters. The van der Waals surface area contributed by atoms with Gasteiger partial charge in [0.15, 0.2) is 0 Å². The predicted octanol–water partition coefficient (Wildman–Crippen LogP) is 2.22. The van der Waals surface area contributed by atoms with Gasteiger partial charge in [-0.3, -0.25) is 9.78 Å². The normalized spacial score (nSPS) is 15.6. The van der Waals surface area contributed by atoms with Gasteiger partial charge in [-0.05, 0) is 44.4 Å². The molecule has 0 aliphatic carbocycles. The number of carbonyl (C=O) groups is 2. The van der Waals surface area contributed by atoms with Crippen molar-refractivity contribution >= 4 is 34.1 Å². The molecule has 7 heteroatoms. The molecular weight excluding hydrogens is 318 g/mol. The van der Waals surface area contributed by atoms with Gasteiger partial charge in [0.05, 0.1) is 5.69 Å². The Labute approximate surface area is 146 Å². The van der Waals surface area contributed by atoms with E-state index in [1.807, 2.05) is 18.2 Å². The van der Waals surface area contributed by atoms with Crippen LogP contribution in [0, 0.1) is 0 Å². The lowest BCUT2D eigenvalue weighted by molar-refractivity contribution is -0.117. The van der Waals surface area contributed by atoms with Crippen LogP contribution in [-0.4, -0.2) is 36.1 Å². The quantitative estimate of drug-likeness (QED) is 0.794. The van der Waals surface area contributed by atoms with Crippen LogP contribution in [0.3, 0.4) is 0 Å². The highest BCUT2D eigenvalue weighted by molar-refractivity contribution is 6.07. The van der Waals surface area contributed by atoms with Gasteiger partial charge >= 0.3 is 6.03 Å². The number of carbonyl (C=O) groups excluding carboxylic acids is 2. The molecule has 2 heterocycles. The van der Waals surface area contributed by atoms with Crippen LogP contribution in [0.5, 0.6) is 0 Å². The third-order valence-corrected chi connectivity index (χ3v) is 4.50. The van der Waals surface area contributed by atoms with Gasteiger partial charge < -0.3 is 21.3 Å². The van der Waals surface area contributed by atoms with Gasteiger partial charge in [-0.1, -0.05) is 0 Å². The van der Waals surface area contributed by atoms with Gasteiger partial charge in [0, 0.05) is 41.9 Å². The van der Waals surface area contributed by atoms with Gasteiger partial charge in [0.25, 0.3) is 0 Å². The molecule has 132 valence electrons. The molecule has 1 aromatic carbocycles. The minimum atomic E-state index is -0.727. The number of rotatable bonds is 4. The van der Waals surface area contributed by atoms with E-state index in [1.165, 1.54) is 24.9 Å². The standard InChI is InChI=1S/C18H23N5O2/c1-12(21-18(19)25)17(24)22-15-5-6-16(23-9-3-2-4-10-23)13-7-8-20-11-14(13)15/h5-8,11-12H,2-4,9-10H2,1H3,(H,22,24)(H3,19,21,25)/t12-/m0/s1. The molecule has 1 aliphatic rings. The Kier molecular flexibility index (Phi) is 5.02. The fourth-order valence-electron chi connectivity index (χ4n) is 3.21. The lowest BCUT2D eigenvalue weighted by Crippen LogP contribution is -2.44. The summed E-state index contributed by atoms with van der Waals surface area (Å²) in [6.45, 7) is 3.67. The second-order valence-corrected chi connectivity index (χ2v) is 6.32. The van der Waals surface area contributed by atoms with Crippen molar-refractivity contribution in [2.75, 3.05) is 23.3 Å². The van der Waals surface area contributed by atoms with E-state index in [1.54, 1.807) is 19.3 Å². The van der Waals surface area contributed by atoms with Crippen LogP contribution in [0.2, 0.25) is 0 Å². The molecule has 1 aromatic heterocycles. The van der Waals surface area contributed by atoms with Crippen LogP contribution in [-0.2, 0) is 4.79 Å². The number of piperidine rings is 1. The Morgan fingerprint density at radius 3 is 2.64 bits per heavy atom. The molecule has 3 rings (SSSR count). The minimum absolute atomic E-state index is 0.324. The van der Waals surface area contributed by atoms with Crippen LogP contribution in [0.1, 0.15) is 26.2 Å². The first-order valence-corrected chi connectivity index (χ1v) is 8.55. The largest absolute Gasteiger partial charge is 0.371 e. The van der Waals surface area contributed by atoms with Crippen molar-refractivity contribution in [2.45, 2.75) is 32.2 Å². The summed E-state index contributed by atoms with van der Waals surface area (Å²) in [7, 11) is 0. The first-order chi connectivity index (χ1) is 12.1. The van der Waals surface area contributed by atoms with E-state index in [4.69, 9.17) is 5.73 Å². The first kappa shape index (κ1) is 17.0. The van der Waals surface area contributed by atoms with Crippen molar-refractivity contribution in [3.63, 3.8) is 0 Å². The van der Waals surface area contributed by atoms with E-state index >= 15 is 0 Å². The molecule has 3 amide bonds. The van der Waals surface area contributed by atoms with E-state index < -0.39 is 12.1 Å². The van der Waals surface area contributed by atoms with E-state index in [9.17, 15) is 9.59 Å². The maximum Gasteiger partial charge on any atom is 0.312 e. The number of amides is 3. The number of urea groups is 1. The van der Waals surface area contributed by atoms with Crippen molar-refractivity contribution in [1.82, 2.24) is 10.3 Å². The summed E-state index contributed by atoms with van der Waals surface area (Å²) >= 11 is 0. The molecule has 1 fully saturated rings. The van der Waals surface area contributed by atoms with Gasteiger partial charge in [0.1, 0.15) is 6.04 Å². The molecule has 1 atom stereocenters. The monoisotopic (exact) mass is 341 g/mol. The second kappa shape index (κ2) is 7.38. The second-order valence-electron chi connectivity index (χ2n) is 6.32. The molecule has 25 heavy (non-hydrogen) atoms. The lowest BCUT2D eigenvalue weighted by atomic mass is 10.0. The van der Waals surface area contributed by atoms with Gasteiger partial charge in [-0.2, -0.15) is 0 Å². The summed E-state index contributed by atoms with van der Waals surface area (Å²) in [5, 5.41) is 7.17. The molecule has 0 spiro atoms. The summed E-state index contributed by atoms with van der Waals surface area (Å²) in [5.41, 5.74) is 6.91. The molecule has 0 bridgehead atoms. The Balaban J connectivity index is 1.90. The molecule has 1 aliphatic heterocycles. The summed E-state index contributed by atoms with van der Waals surface area (Å²) in [5.74, 6) is -0.324. The highest BCUT2D eigenvalue weighted by Crippen LogP contribution is 2.33. The van der Waals surface area contributed by atoms with E-state index in [-0.39, 0.29) is 5.91 Å². The smallest absolute Gasteiger partial charge is 0.312 e. The predicted molar refractivity (Wildman–Crippen MR) is 98.6 cm³/mol. The van der Waals surface area contributed by atoms with E-state index in [0.29, 0.717) is 5.69 Å². The zero-order valence-corrected chi connectivity index (χ0v) is 14.3. The maximum absolute atomic E-state index is 12.3. The number of nitrogens with zero attached hydrogens (tertiary/aromatic N) is 2. The topological polar surface area (TPSA) is 100 Å². The van der Waals surface area contributed by atoms with Crippen molar-refractivity contribution in [3.8, 4) is 0 Å². The Bertz CT molecular complexity index is 786. The van der Waals surface area contributed by atoms with E-state index in [2.05, 4.69) is 20.5 Å². The van der Waals surface area contributed by atoms with Crippen LogP contribution in [0.4, 0.5) is 16.2 Å². The minimum Gasteiger partial charge on any atom is -0.371 e. The van der Waals surface area contributed by atoms with E-state index in [0.717, 1.165) is 23.9 Å². The van der Waals surface area contributed by atoms with Crippen molar-refractivity contribution in [2.24, 2.45) is 5.73 Å². The summed E-state index contributed by atoms with van der Waals surface area (Å²) in [6.07, 6.45) is 7.18. The average molecular weight is 341 g/mol. The summed E-state index contributed by atoms with van der Waals surface area (Å²) in [4.78, 5) is 29.8. The number of aromatic nitrogens is 1. The van der Waals surface area contributed by atoms with Gasteiger partial charge in [0.2, 0.25) is 5.91 Å². The third kappa shape index (κ3) is 3.81. The summed E-state index contributed by atoms with van der Waals surface area (Å²) < 4.78 is 0. The maximum atomic E-state index is 12.3. The number of hydrogen-bond donors (Lipinski definition) is 3. The number of fused-ring (bicyclic) bond motifs is 1. The SMILES string of the molecule is C[C@H](NC(N)=O)C(=O)Nc1ccc(N2CCCCC2)c2ccncc12. The molecule has 4 N–H and O–H groups in total. The zero-order chi connectivity index (χ0) is 17.8. The fourth-order valence-corrected chi connectivity index (χ4v) is 3.21. The van der Waals surface area contributed by atoms with Crippen molar-refractivity contribution in [1.29, 1.82) is 0 Å². The fraction of sp³-hybridized carbons (Fsp3) is 0.389. The Hall–Kier alpha value is -2.83.